The predicted octanol–water partition coefficient (Wildman–Crippen LogP) is 1.04. The summed E-state index contributed by atoms with van der Waals surface area (Å²) in [6.07, 6.45) is 1.59. The number of ether oxygens (including phenoxy) is 1. The first-order chi connectivity index (χ1) is 4.57. The maximum Gasteiger partial charge on any atom is 0.341 e. The first-order valence-corrected chi connectivity index (χ1v) is 2.93. The second-order valence-corrected chi connectivity index (χ2v) is 1.85. The zero-order chi connectivity index (χ0) is 8.15. The van der Waals surface area contributed by atoms with Gasteiger partial charge in [0.15, 0.2) is 0 Å². The smallest absolute Gasteiger partial charge is 0.341 e. The SMILES string of the molecule is CC=C(C)C(=O)OC(C)=O. The third-order valence-electron chi connectivity index (χ3n) is 0.991. The van der Waals surface area contributed by atoms with Crippen LogP contribution in [0, 0.1) is 0 Å². The van der Waals surface area contributed by atoms with Gasteiger partial charge in [0.2, 0.25) is 0 Å². The van der Waals surface area contributed by atoms with Crippen molar-refractivity contribution in [2.24, 2.45) is 0 Å². The topological polar surface area (TPSA) is 43.4 Å². The van der Waals surface area contributed by atoms with Gasteiger partial charge in [0.1, 0.15) is 0 Å². The molecule has 3 nitrogen and oxygen atoms in total. The number of esters is 2. The Bertz CT molecular complexity index is 179. The molecule has 0 aliphatic rings. The van der Waals surface area contributed by atoms with E-state index in [1.54, 1.807) is 19.9 Å². The van der Waals surface area contributed by atoms with Crippen molar-refractivity contribution in [2.45, 2.75) is 20.8 Å². The Morgan fingerprint density at radius 2 is 1.80 bits per heavy atom. The fourth-order valence-electron chi connectivity index (χ4n) is 0.329. The Morgan fingerprint density at radius 1 is 1.30 bits per heavy atom. The molecule has 0 heterocycles. The van der Waals surface area contributed by atoms with Crippen LogP contribution in [-0.2, 0) is 14.3 Å². The Hall–Kier alpha value is -1.12. The molecule has 0 radical (unpaired) electrons. The molecule has 0 bridgehead atoms. The summed E-state index contributed by atoms with van der Waals surface area (Å²) in [6.45, 7) is 4.49. The summed E-state index contributed by atoms with van der Waals surface area (Å²) in [6, 6.07) is 0. The van der Waals surface area contributed by atoms with Crippen LogP contribution >= 0.6 is 0 Å². The van der Waals surface area contributed by atoms with Gasteiger partial charge in [0, 0.05) is 12.5 Å². The van der Waals surface area contributed by atoms with Crippen LogP contribution in [0.5, 0.6) is 0 Å². The van der Waals surface area contributed by atoms with Gasteiger partial charge < -0.3 is 4.74 Å². The van der Waals surface area contributed by atoms with Gasteiger partial charge in [-0.15, -0.1) is 0 Å². The molecule has 0 spiro atoms. The quantitative estimate of drug-likeness (QED) is 0.312. The Labute approximate surface area is 59.7 Å². The van der Waals surface area contributed by atoms with E-state index in [0.717, 1.165) is 0 Å². The van der Waals surface area contributed by atoms with E-state index in [2.05, 4.69) is 4.74 Å². The number of carbonyl (C=O) groups is 2. The zero-order valence-corrected chi connectivity index (χ0v) is 6.30. The van der Waals surface area contributed by atoms with Crippen LogP contribution in [0.25, 0.3) is 0 Å². The molecule has 0 rings (SSSR count). The second kappa shape index (κ2) is 3.82. The van der Waals surface area contributed by atoms with Gasteiger partial charge in [-0.25, -0.2) is 4.79 Å². The highest BCUT2D eigenvalue weighted by Gasteiger charge is 2.05. The highest BCUT2D eigenvalue weighted by atomic mass is 16.6. The Kier molecular flexibility index (Phi) is 3.39. The molecule has 3 heteroatoms. The fourth-order valence-corrected chi connectivity index (χ4v) is 0.329. The molecule has 0 amide bonds. The van der Waals surface area contributed by atoms with Crippen LogP contribution < -0.4 is 0 Å². The van der Waals surface area contributed by atoms with E-state index >= 15 is 0 Å². The number of allylic oxidation sites excluding steroid dienone is 1. The molecule has 0 aliphatic heterocycles. The van der Waals surface area contributed by atoms with Gasteiger partial charge in [-0.1, -0.05) is 6.08 Å². The van der Waals surface area contributed by atoms with Gasteiger partial charge in [-0.05, 0) is 13.8 Å². The van der Waals surface area contributed by atoms with Crippen LogP contribution in [0.3, 0.4) is 0 Å². The minimum Gasteiger partial charge on any atom is -0.390 e. The van der Waals surface area contributed by atoms with E-state index in [1.807, 2.05) is 0 Å². The Morgan fingerprint density at radius 3 is 2.10 bits per heavy atom. The summed E-state index contributed by atoms with van der Waals surface area (Å²) in [7, 11) is 0. The van der Waals surface area contributed by atoms with E-state index in [1.165, 1.54) is 6.92 Å². The summed E-state index contributed by atoms with van der Waals surface area (Å²) < 4.78 is 4.26. The van der Waals surface area contributed by atoms with E-state index in [9.17, 15) is 9.59 Å². The van der Waals surface area contributed by atoms with E-state index in [0.29, 0.717) is 5.57 Å². The minimum absolute atomic E-state index is 0.440. The molecular weight excluding hydrogens is 132 g/mol. The van der Waals surface area contributed by atoms with Crippen molar-refractivity contribution < 1.29 is 14.3 Å². The molecule has 0 saturated carbocycles. The van der Waals surface area contributed by atoms with Crippen molar-refractivity contribution in [1.29, 1.82) is 0 Å². The third-order valence-corrected chi connectivity index (χ3v) is 0.991. The maximum absolute atomic E-state index is 10.7. The van der Waals surface area contributed by atoms with Crippen LogP contribution in [0.2, 0.25) is 0 Å². The molecular formula is C7H10O3. The van der Waals surface area contributed by atoms with Gasteiger partial charge in [0.25, 0.3) is 0 Å². The van der Waals surface area contributed by atoms with Gasteiger partial charge in [-0.2, -0.15) is 0 Å². The molecule has 0 aromatic heterocycles. The fraction of sp³-hybridized carbons (Fsp3) is 0.429. The highest BCUT2D eigenvalue weighted by molar-refractivity contribution is 5.94. The average Bonchev–Trinajstić information content (AvgIpc) is 1.85. The monoisotopic (exact) mass is 142 g/mol. The normalized spacial score (nSPS) is 10.9. The minimum atomic E-state index is -0.578. The number of carbonyl (C=O) groups excluding carboxylic acids is 2. The zero-order valence-electron chi connectivity index (χ0n) is 6.30. The molecule has 0 N–H and O–H groups in total. The maximum atomic E-state index is 10.7. The van der Waals surface area contributed by atoms with Crippen LogP contribution in [-0.4, -0.2) is 11.9 Å². The highest BCUT2D eigenvalue weighted by Crippen LogP contribution is 1.95. The van der Waals surface area contributed by atoms with Crippen molar-refractivity contribution in [3.05, 3.63) is 11.6 Å². The molecule has 10 heavy (non-hydrogen) atoms. The number of hydrogen-bond donors (Lipinski definition) is 0. The first-order valence-electron chi connectivity index (χ1n) is 2.93. The number of rotatable bonds is 1. The Balaban J connectivity index is 3.99. The first kappa shape index (κ1) is 8.88. The van der Waals surface area contributed by atoms with Crippen molar-refractivity contribution in [3.8, 4) is 0 Å². The van der Waals surface area contributed by atoms with Crippen molar-refractivity contribution in [3.63, 3.8) is 0 Å². The molecule has 0 unspecified atom stereocenters. The average molecular weight is 142 g/mol. The van der Waals surface area contributed by atoms with E-state index in [-0.39, 0.29) is 0 Å². The van der Waals surface area contributed by atoms with Crippen molar-refractivity contribution in [1.82, 2.24) is 0 Å². The summed E-state index contributed by atoms with van der Waals surface area (Å²) in [5.41, 5.74) is 0.440. The number of hydrogen-bond acceptors (Lipinski definition) is 3. The summed E-state index contributed by atoms with van der Waals surface area (Å²) in [5, 5.41) is 0. The second-order valence-electron chi connectivity index (χ2n) is 1.85. The van der Waals surface area contributed by atoms with E-state index < -0.39 is 11.9 Å². The molecule has 0 aliphatic carbocycles. The van der Waals surface area contributed by atoms with Gasteiger partial charge >= 0.3 is 11.9 Å². The standard InChI is InChI=1S/C7H10O3/c1-4-5(2)7(9)10-6(3)8/h4H,1-3H3. The molecule has 0 aromatic rings. The molecule has 0 aromatic carbocycles. The lowest BCUT2D eigenvalue weighted by Crippen LogP contribution is -2.09. The lowest BCUT2D eigenvalue weighted by molar-refractivity contribution is -0.155. The van der Waals surface area contributed by atoms with Gasteiger partial charge in [-0.3, -0.25) is 4.79 Å². The molecule has 0 saturated heterocycles. The summed E-state index contributed by atoms with van der Waals surface area (Å²) >= 11 is 0. The summed E-state index contributed by atoms with van der Waals surface area (Å²) in [5.74, 6) is -1.15. The third kappa shape index (κ3) is 3.02. The van der Waals surface area contributed by atoms with Crippen LogP contribution in [0.4, 0.5) is 0 Å². The molecule has 0 atom stereocenters. The predicted molar refractivity (Wildman–Crippen MR) is 36.2 cm³/mol. The van der Waals surface area contributed by atoms with E-state index in [4.69, 9.17) is 0 Å². The largest absolute Gasteiger partial charge is 0.390 e. The van der Waals surface area contributed by atoms with Crippen molar-refractivity contribution in [2.75, 3.05) is 0 Å². The lowest BCUT2D eigenvalue weighted by Gasteiger charge is -1.96. The van der Waals surface area contributed by atoms with Crippen LogP contribution in [0.1, 0.15) is 20.8 Å². The van der Waals surface area contributed by atoms with Gasteiger partial charge in [0.05, 0.1) is 0 Å². The lowest BCUT2D eigenvalue weighted by atomic mass is 10.3. The molecule has 0 fully saturated rings. The summed E-state index contributed by atoms with van der Waals surface area (Å²) in [4.78, 5) is 20.9. The van der Waals surface area contributed by atoms with Crippen molar-refractivity contribution >= 4 is 11.9 Å². The molecule has 56 valence electrons. The van der Waals surface area contributed by atoms with Crippen LogP contribution in [0.15, 0.2) is 11.6 Å².